The fraction of sp³-hybridized carbons (Fsp3) is 0.625. The van der Waals surface area contributed by atoms with Crippen molar-refractivity contribution < 1.29 is 23.8 Å². The van der Waals surface area contributed by atoms with Crippen molar-refractivity contribution in [2.45, 2.75) is 38.0 Å². The second kappa shape index (κ2) is 6.33. The van der Waals surface area contributed by atoms with Gasteiger partial charge in [0.1, 0.15) is 5.72 Å². The zero-order valence-electron chi connectivity index (χ0n) is 13.2. The molecular weight excluding hydrogens is 300 g/mol. The molecule has 0 unspecified atom stereocenters. The van der Waals surface area contributed by atoms with E-state index < -0.39 is 23.6 Å². The Balaban J connectivity index is 1.84. The van der Waals surface area contributed by atoms with Crippen molar-refractivity contribution in [2.75, 3.05) is 26.2 Å². The Kier molecular flexibility index (Phi) is 4.41. The van der Waals surface area contributed by atoms with E-state index in [9.17, 15) is 14.7 Å². The van der Waals surface area contributed by atoms with Crippen molar-refractivity contribution in [2.24, 2.45) is 0 Å². The summed E-state index contributed by atoms with van der Waals surface area (Å²) in [6, 6.07) is 2.21. The van der Waals surface area contributed by atoms with E-state index in [1.807, 2.05) is 0 Å². The lowest BCUT2D eigenvalue weighted by Gasteiger charge is -2.43. The number of hydrogen-bond donors (Lipinski definition) is 1. The van der Waals surface area contributed by atoms with Gasteiger partial charge in [-0.3, -0.25) is 9.69 Å². The summed E-state index contributed by atoms with van der Waals surface area (Å²) in [6.45, 7) is 4.74. The van der Waals surface area contributed by atoms with Crippen LogP contribution in [0, 0.1) is 0 Å². The molecule has 0 saturated carbocycles. The largest absolute Gasteiger partial charge is 0.480 e. The number of carboxylic acids is 1. The number of aliphatic carboxylic acids is 1. The Labute approximate surface area is 134 Å². The van der Waals surface area contributed by atoms with Crippen LogP contribution in [0.4, 0.5) is 0 Å². The number of carboxylic acid groups (broad SMARTS) is 1. The molecule has 1 atom stereocenters. The number of carbonyl (C=O) groups is 2. The van der Waals surface area contributed by atoms with Gasteiger partial charge >= 0.3 is 5.97 Å². The van der Waals surface area contributed by atoms with Crippen LogP contribution in [-0.2, 0) is 9.53 Å². The highest BCUT2D eigenvalue weighted by atomic mass is 16.5. The fourth-order valence-electron chi connectivity index (χ4n) is 3.52. The standard InChI is InChI=1S/C16H22N2O5/c1-2-7-17-8-5-16(6-9-17)18(12(11-23-16)15(20)21)14(19)13-4-3-10-22-13/h3-4,10,12H,2,5-9,11H2,1H3,(H,20,21)/t12-/m0/s1. The normalized spacial score (nSPS) is 24.2. The van der Waals surface area contributed by atoms with Crippen molar-refractivity contribution >= 4 is 11.9 Å². The van der Waals surface area contributed by atoms with Gasteiger partial charge in [-0.1, -0.05) is 6.92 Å². The van der Waals surface area contributed by atoms with Gasteiger partial charge in [0, 0.05) is 25.9 Å². The molecular formula is C16H22N2O5. The van der Waals surface area contributed by atoms with Gasteiger partial charge in [0.05, 0.1) is 12.9 Å². The number of rotatable bonds is 4. The highest BCUT2D eigenvalue weighted by Gasteiger charge is 2.54. The van der Waals surface area contributed by atoms with Crippen LogP contribution in [0.2, 0.25) is 0 Å². The van der Waals surface area contributed by atoms with Gasteiger partial charge in [0.2, 0.25) is 0 Å². The van der Waals surface area contributed by atoms with Gasteiger partial charge in [0.15, 0.2) is 11.8 Å². The number of nitrogens with zero attached hydrogens (tertiary/aromatic N) is 2. The molecule has 0 aromatic carbocycles. The van der Waals surface area contributed by atoms with Gasteiger partial charge in [0.25, 0.3) is 5.91 Å². The lowest BCUT2D eigenvalue weighted by Crippen LogP contribution is -2.58. The molecule has 1 N–H and O–H groups in total. The summed E-state index contributed by atoms with van der Waals surface area (Å²) >= 11 is 0. The van der Waals surface area contributed by atoms with Crippen LogP contribution in [0.1, 0.15) is 36.7 Å². The Bertz CT molecular complexity index is 563. The second-order valence-corrected chi connectivity index (χ2v) is 6.11. The first-order valence-corrected chi connectivity index (χ1v) is 8.04. The van der Waals surface area contributed by atoms with Gasteiger partial charge in [-0.25, -0.2) is 4.79 Å². The number of likely N-dealkylation sites (tertiary alicyclic amines) is 1. The highest BCUT2D eigenvalue weighted by molar-refractivity contribution is 5.95. The Hall–Kier alpha value is -1.86. The van der Waals surface area contributed by atoms with Crippen molar-refractivity contribution in [3.05, 3.63) is 24.2 Å². The molecule has 2 saturated heterocycles. The average molecular weight is 322 g/mol. The van der Waals surface area contributed by atoms with E-state index in [0.717, 1.165) is 26.1 Å². The van der Waals surface area contributed by atoms with Gasteiger partial charge in [-0.2, -0.15) is 0 Å². The van der Waals surface area contributed by atoms with E-state index in [-0.39, 0.29) is 12.4 Å². The maximum atomic E-state index is 12.8. The van der Waals surface area contributed by atoms with Crippen LogP contribution >= 0.6 is 0 Å². The zero-order valence-corrected chi connectivity index (χ0v) is 13.2. The number of carbonyl (C=O) groups excluding carboxylic acids is 1. The predicted molar refractivity (Wildman–Crippen MR) is 80.9 cm³/mol. The lowest BCUT2D eigenvalue weighted by atomic mass is 9.97. The Morgan fingerprint density at radius 1 is 1.39 bits per heavy atom. The Morgan fingerprint density at radius 2 is 2.13 bits per heavy atom. The highest BCUT2D eigenvalue weighted by Crippen LogP contribution is 2.38. The number of piperidine rings is 1. The molecule has 0 aliphatic carbocycles. The average Bonchev–Trinajstić information content (AvgIpc) is 3.18. The maximum Gasteiger partial charge on any atom is 0.328 e. The summed E-state index contributed by atoms with van der Waals surface area (Å²) < 4.78 is 11.0. The summed E-state index contributed by atoms with van der Waals surface area (Å²) in [5.41, 5.74) is -0.836. The van der Waals surface area contributed by atoms with Crippen molar-refractivity contribution in [3.8, 4) is 0 Å². The molecule has 1 aromatic rings. The van der Waals surface area contributed by atoms with E-state index >= 15 is 0 Å². The molecule has 2 aliphatic heterocycles. The maximum absolute atomic E-state index is 12.8. The zero-order chi connectivity index (χ0) is 16.4. The lowest BCUT2D eigenvalue weighted by molar-refractivity contribution is -0.144. The molecule has 2 aliphatic rings. The van der Waals surface area contributed by atoms with Gasteiger partial charge in [-0.05, 0) is 25.1 Å². The summed E-state index contributed by atoms with van der Waals surface area (Å²) in [5, 5.41) is 9.47. The minimum Gasteiger partial charge on any atom is -0.480 e. The molecule has 3 rings (SSSR count). The second-order valence-electron chi connectivity index (χ2n) is 6.11. The van der Waals surface area contributed by atoms with E-state index in [4.69, 9.17) is 9.15 Å². The molecule has 126 valence electrons. The summed E-state index contributed by atoms with van der Waals surface area (Å²) in [5.74, 6) is -1.31. The molecule has 23 heavy (non-hydrogen) atoms. The quantitative estimate of drug-likeness (QED) is 0.902. The van der Waals surface area contributed by atoms with Gasteiger partial charge < -0.3 is 19.2 Å². The molecule has 1 amide bonds. The summed E-state index contributed by atoms with van der Waals surface area (Å²) in [4.78, 5) is 28.0. The molecule has 1 aromatic heterocycles. The van der Waals surface area contributed by atoms with Crippen LogP contribution in [0.25, 0.3) is 0 Å². The SMILES string of the molecule is CCCN1CCC2(CC1)OC[C@@H](C(=O)O)N2C(=O)c1ccco1. The minimum absolute atomic E-state index is 0.0234. The van der Waals surface area contributed by atoms with E-state index in [1.54, 1.807) is 12.1 Å². The fourth-order valence-corrected chi connectivity index (χ4v) is 3.52. The number of ether oxygens (including phenoxy) is 1. The molecule has 1 spiro atoms. The summed E-state index contributed by atoms with van der Waals surface area (Å²) in [6.07, 6.45) is 3.71. The number of amides is 1. The van der Waals surface area contributed by atoms with E-state index in [0.29, 0.717) is 12.8 Å². The molecule has 3 heterocycles. The smallest absolute Gasteiger partial charge is 0.328 e. The van der Waals surface area contributed by atoms with Crippen LogP contribution in [0.15, 0.2) is 22.8 Å². The van der Waals surface area contributed by atoms with E-state index in [1.165, 1.54) is 11.2 Å². The molecule has 7 heteroatoms. The van der Waals surface area contributed by atoms with Crippen molar-refractivity contribution in [1.82, 2.24) is 9.80 Å². The summed E-state index contributed by atoms with van der Waals surface area (Å²) in [7, 11) is 0. The van der Waals surface area contributed by atoms with Crippen molar-refractivity contribution in [3.63, 3.8) is 0 Å². The van der Waals surface area contributed by atoms with Gasteiger partial charge in [-0.15, -0.1) is 0 Å². The third-order valence-corrected chi connectivity index (χ3v) is 4.67. The van der Waals surface area contributed by atoms with Crippen LogP contribution < -0.4 is 0 Å². The topological polar surface area (TPSA) is 83.2 Å². The predicted octanol–water partition coefficient (Wildman–Crippen LogP) is 1.41. The minimum atomic E-state index is -1.04. The molecule has 7 nitrogen and oxygen atoms in total. The number of hydrogen-bond acceptors (Lipinski definition) is 5. The van der Waals surface area contributed by atoms with Crippen LogP contribution in [0.5, 0.6) is 0 Å². The number of furan rings is 1. The third-order valence-electron chi connectivity index (χ3n) is 4.67. The molecule has 0 radical (unpaired) electrons. The first-order valence-electron chi connectivity index (χ1n) is 8.04. The first kappa shape index (κ1) is 16.0. The monoisotopic (exact) mass is 322 g/mol. The van der Waals surface area contributed by atoms with E-state index in [2.05, 4.69) is 11.8 Å². The molecule has 2 fully saturated rings. The van der Waals surface area contributed by atoms with Crippen LogP contribution in [0.3, 0.4) is 0 Å². The van der Waals surface area contributed by atoms with Crippen LogP contribution in [-0.4, -0.2) is 64.8 Å². The Morgan fingerprint density at radius 3 is 2.70 bits per heavy atom. The molecule has 0 bridgehead atoms. The third kappa shape index (κ3) is 2.86. The first-order chi connectivity index (χ1) is 11.1. The van der Waals surface area contributed by atoms with Crippen molar-refractivity contribution in [1.29, 1.82) is 0 Å².